The second-order valence-corrected chi connectivity index (χ2v) is 24.2. The number of hydrogen-bond acceptors (Lipinski definition) is 16. The number of aliphatic hydroxyl groups is 1. The maximum Gasteiger partial charge on any atom is 0.338 e. The predicted molar refractivity (Wildman–Crippen MR) is 256 cm³/mol. The van der Waals surface area contributed by atoms with Crippen molar-refractivity contribution in [3.05, 3.63) is 138 Å². The van der Waals surface area contributed by atoms with Gasteiger partial charge in [-0.05, 0) is 59.1 Å². The largest absolute Gasteiger partial charge is 0.497 e. The van der Waals surface area contributed by atoms with E-state index in [4.69, 9.17) is 66.0 Å². The lowest BCUT2D eigenvalue weighted by Gasteiger charge is -2.50. The highest BCUT2D eigenvalue weighted by Gasteiger charge is 2.65. The molecule has 4 aliphatic rings. The van der Waals surface area contributed by atoms with Crippen molar-refractivity contribution in [1.82, 2.24) is 0 Å². The Morgan fingerprint density at radius 1 is 0.700 bits per heavy atom. The van der Waals surface area contributed by atoms with Gasteiger partial charge in [0, 0.05) is 14.2 Å². The highest BCUT2D eigenvalue weighted by Crippen LogP contribution is 2.45. The first-order valence-corrected chi connectivity index (χ1v) is 26.7. The maximum absolute atomic E-state index is 13.7. The van der Waals surface area contributed by atoms with Gasteiger partial charge in [-0.3, -0.25) is 0 Å². The van der Waals surface area contributed by atoms with Crippen LogP contribution in [0.15, 0.2) is 115 Å². The number of methoxy groups -OCH3 is 3. The smallest absolute Gasteiger partial charge is 0.338 e. The molecule has 4 fully saturated rings. The number of rotatable bonds is 19. The number of aliphatic hydroxyl groups excluding tert-OH is 1. The molecule has 4 aromatic rings. The first-order valence-electron chi connectivity index (χ1n) is 23.8. The van der Waals surface area contributed by atoms with Gasteiger partial charge in [0.2, 0.25) is 0 Å². The van der Waals surface area contributed by atoms with Crippen molar-refractivity contribution in [3.8, 4) is 5.75 Å². The van der Waals surface area contributed by atoms with Crippen molar-refractivity contribution in [1.29, 1.82) is 0 Å². The average molecular weight is 989 g/mol. The maximum atomic E-state index is 13.7. The van der Waals surface area contributed by atoms with Gasteiger partial charge in [0.1, 0.15) is 54.6 Å². The third-order valence-electron chi connectivity index (χ3n) is 13.6. The molecule has 17 heteroatoms. The molecule has 8 rings (SSSR count). The number of fused-ring (bicyclic) bond motifs is 1. The Labute approximate surface area is 411 Å². The highest BCUT2D eigenvalue weighted by molar-refractivity contribution is 6.74. The van der Waals surface area contributed by atoms with E-state index in [9.17, 15) is 9.90 Å². The lowest BCUT2D eigenvalue weighted by molar-refractivity contribution is -0.419. The van der Waals surface area contributed by atoms with E-state index in [-0.39, 0.29) is 50.2 Å². The van der Waals surface area contributed by atoms with Crippen LogP contribution in [-0.2, 0) is 81.1 Å². The summed E-state index contributed by atoms with van der Waals surface area (Å²) in [5.74, 6) is -2.12. The van der Waals surface area contributed by atoms with Crippen LogP contribution in [0.25, 0.3) is 0 Å². The van der Waals surface area contributed by atoms with E-state index in [1.54, 1.807) is 51.7 Å². The molecule has 1 spiro atoms. The standard InChI is InChI=1S/C53H68O16Si/c1-52(2,3)70(7,8)69-43-40(31-56-4)64-51(46(58-6)45(43)60-29-34-18-12-9-13-19-34)66-50-47(61-30-35-20-14-10-15-21-35)42-41(32-62-50)67-53(68-42)48(54)44(65-49(55)37-22-16-11-17-23-37)39(33-63-53)59-28-36-24-26-38(57-5)27-25-36/h9-27,39-48,50-51,54H,28-33H2,1-8H3/t39-,40-,41+,42-,43-,44+,45+,46+,47-,48+,50+,51+,53-/m1/s1. The van der Waals surface area contributed by atoms with E-state index in [0.717, 1.165) is 16.7 Å². The number of ether oxygens (including phenoxy) is 13. The third kappa shape index (κ3) is 12.0. The summed E-state index contributed by atoms with van der Waals surface area (Å²) in [5, 5.41) is 12.2. The Balaban J connectivity index is 1.07. The molecule has 380 valence electrons. The molecule has 0 amide bonds. The van der Waals surface area contributed by atoms with Crippen LogP contribution < -0.4 is 4.74 Å². The van der Waals surface area contributed by atoms with Gasteiger partial charge in [-0.1, -0.05) is 112 Å². The first-order chi connectivity index (χ1) is 33.7. The second kappa shape index (κ2) is 23.2. The molecule has 1 N–H and O–H groups in total. The Bertz CT molecular complexity index is 2230. The van der Waals surface area contributed by atoms with Gasteiger partial charge in [-0.25, -0.2) is 4.79 Å². The monoisotopic (exact) mass is 988 g/mol. The lowest BCUT2D eigenvalue weighted by atomic mass is 9.98. The van der Waals surface area contributed by atoms with Crippen LogP contribution in [0.1, 0.15) is 47.8 Å². The molecule has 0 aromatic heterocycles. The number of benzene rings is 4. The van der Waals surface area contributed by atoms with E-state index in [1.165, 1.54) is 0 Å². The SMILES string of the molecule is COC[C@H]1O[C@@H](O[C@@H]2OC[C@@H]3O[C@@]4(OC[C@@H](OCc5ccc(OC)cc5)[C@H](OC(=O)c5ccccc5)[C@@H]4O)O[C@H]3[C@H]2OCc2ccccc2)[C@@H](OC)[C@@H](OCc2ccccc2)[C@@H]1O[Si](C)(C)C(C)(C)C. The van der Waals surface area contributed by atoms with Crippen LogP contribution in [-0.4, -0.2) is 140 Å². The fourth-order valence-electron chi connectivity index (χ4n) is 8.72. The Kier molecular flexibility index (Phi) is 17.3. The predicted octanol–water partition coefficient (Wildman–Crippen LogP) is 6.96. The molecule has 4 aliphatic heterocycles. The molecule has 4 aromatic carbocycles. The summed E-state index contributed by atoms with van der Waals surface area (Å²) in [7, 11) is 2.35. The first kappa shape index (κ1) is 52.2. The Hall–Kier alpha value is -4.15. The van der Waals surface area contributed by atoms with Gasteiger partial charge in [0.25, 0.3) is 0 Å². The Morgan fingerprint density at radius 3 is 1.90 bits per heavy atom. The van der Waals surface area contributed by atoms with Crippen LogP contribution in [0.3, 0.4) is 0 Å². The number of esters is 1. The molecular weight excluding hydrogens is 921 g/mol. The molecule has 0 saturated carbocycles. The summed E-state index contributed by atoms with van der Waals surface area (Å²) >= 11 is 0. The highest BCUT2D eigenvalue weighted by atomic mass is 28.4. The van der Waals surface area contributed by atoms with Gasteiger partial charge >= 0.3 is 11.9 Å². The van der Waals surface area contributed by atoms with Crippen molar-refractivity contribution in [2.75, 3.05) is 41.2 Å². The van der Waals surface area contributed by atoms with Crippen molar-refractivity contribution in [2.45, 2.75) is 138 Å². The number of carbonyl (C=O) groups is 1. The van der Waals surface area contributed by atoms with Crippen molar-refractivity contribution in [2.24, 2.45) is 0 Å². The van der Waals surface area contributed by atoms with E-state index in [0.29, 0.717) is 5.75 Å². The van der Waals surface area contributed by atoms with Gasteiger partial charge in [-0.2, -0.15) is 0 Å². The zero-order valence-electron chi connectivity index (χ0n) is 41.2. The quantitative estimate of drug-likeness (QED) is 0.0757. The van der Waals surface area contributed by atoms with E-state index in [1.807, 2.05) is 84.9 Å². The number of hydrogen-bond donors (Lipinski definition) is 1. The van der Waals surface area contributed by atoms with Crippen LogP contribution >= 0.6 is 0 Å². The molecule has 0 bridgehead atoms. The molecule has 13 atom stereocenters. The molecule has 0 unspecified atom stereocenters. The molecule has 16 nitrogen and oxygen atoms in total. The van der Waals surface area contributed by atoms with Gasteiger partial charge in [0.05, 0.1) is 52.3 Å². The van der Waals surface area contributed by atoms with E-state index >= 15 is 0 Å². The summed E-state index contributed by atoms with van der Waals surface area (Å²) in [4.78, 5) is 13.7. The van der Waals surface area contributed by atoms with Crippen LogP contribution in [0, 0.1) is 0 Å². The van der Waals surface area contributed by atoms with Crippen molar-refractivity contribution >= 4 is 14.3 Å². The molecule has 4 saturated heterocycles. The van der Waals surface area contributed by atoms with Crippen LogP contribution in [0.2, 0.25) is 18.1 Å². The minimum Gasteiger partial charge on any atom is -0.497 e. The summed E-state index contributed by atoms with van der Waals surface area (Å²) < 4.78 is 90.1. The summed E-state index contributed by atoms with van der Waals surface area (Å²) in [5.41, 5.74) is 2.95. The van der Waals surface area contributed by atoms with E-state index < -0.39 is 93.9 Å². The molecule has 4 heterocycles. The number of carbonyl (C=O) groups excluding carboxylic acids is 1. The van der Waals surface area contributed by atoms with E-state index in [2.05, 4.69) is 33.9 Å². The summed E-state index contributed by atoms with van der Waals surface area (Å²) in [6.45, 7) is 11.4. The normalized spacial score (nSPS) is 31.3. The van der Waals surface area contributed by atoms with Crippen LogP contribution in [0.5, 0.6) is 5.75 Å². The van der Waals surface area contributed by atoms with Gasteiger partial charge < -0.3 is 71.1 Å². The fourth-order valence-corrected chi connectivity index (χ4v) is 10.0. The molecule has 0 radical (unpaired) electrons. The average Bonchev–Trinajstić information content (AvgIpc) is 3.75. The molecule has 0 aliphatic carbocycles. The van der Waals surface area contributed by atoms with Crippen LogP contribution in [0.4, 0.5) is 0 Å². The topological polar surface area (TPSA) is 167 Å². The van der Waals surface area contributed by atoms with Crippen molar-refractivity contribution in [3.63, 3.8) is 0 Å². The zero-order chi connectivity index (χ0) is 49.5. The second-order valence-electron chi connectivity index (χ2n) is 19.4. The summed E-state index contributed by atoms with van der Waals surface area (Å²) in [6, 6.07) is 35.4. The molecular formula is C53H68O16Si. The lowest BCUT2D eigenvalue weighted by Crippen LogP contribution is -2.65. The van der Waals surface area contributed by atoms with Gasteiger partial charge in [0.15, 0.2) is 33.1 Å². The molecule has 70 heavy (non-hydrogen) atoms. The third-order valence-corrected chi connectivity index (χ3v) is 18.1. The minimum atomic E-state index is -2.43. The Morgan fingerprint density at radius 2 is 1.30 bits per heavy atom. The zero-order valence-corrected chi connectivity index (χ0v) is 42.2. The summed E-state index contributed by atoms with van der Waals surface area (Å²) in [6.07, 6.45) is -11.7. The van der Waals surface area contributed by atoms with Crippen molar-refractivity contribution < 1.29 is 75.9 Å². The minimum absolute atomic E-state index is 0.0683. The van der Waals surface area contributed by atoms with Gasteiger partial charge in [-0.15, -0.1) is 0 Å². The fraction of sp³-hybridized carbons (Fsp3) is 0.528.